The van der Waals surface area contributed by atoms with Crippen LogP contribution in [0, 0.1) is 0 Å². The molecule has 0 heterocycles. The van der Waals surface area contributed by atoms with Gasteiger partial charge in [0, 0.05) is 52.4 Å². The van der Waals surface area contributed by atoms with Crippen molar-refractivity contribution < 1.29 is 19.8 Å². The van der Waals surface area contributed by atoms with E-state index in [1.54, 1.807) is 0 Å². The minimum atomic E-state index is -1.13. The minimum Gasteiger partial charge on any atom is -0.478 e. The third-order valence-electron chi connectivity index (χ3n) is 2.96. The highest BCUT2D eigenvalue weighted by atomic mass is 16.4. The van der Waals surface area contributed by atoms with E-state index in [0.29, 0.717) is 13.1 Å². The van der Waals surface area contributed by atoms with E-state index in [1.165, 1.54) is 18.2 Å². The van der Waals surface area contributed by atoms with Crippen molar-refractivity contribution in [3.63, 3.8) is 0 Å². The van der Waals surface area contributed by atoms with Gasteiger partial charge in [0.1, 0.15) is 0 Å². The van der Waals surface area contributed by atoms with E-state index in [0.717, 1.165) is 45.3 Å². The van der Waals surface area contributed by atoms with Gasteiger partial charge in [-0.3, -0.25) is 0 Å². The van der Waals surface area contributed by atoms with E-state index in [-0.39, 0.29) is 11.1 Å². The van der Waals surface area contributed by atoms with Crippen molar-refractivity contribution in [3.8, 4) is 0 Å². The first-order valence-corrected chi connectivity index (χ1v) is 8.11. The van der Waals surface area contributed by atoms with Gasteiger partial charge in [0.15, 0.2) is 0 Å². The van der Waals surface area contributed by atoms with Crippen LogP contribution in [0.4, 0.5) is 0 Å². The molecule has 1 aromatic rings. The van der Waals surface area contributed by atoms with E-state index >= 15 is 0 Å². The largest absolute Gasteiger partial charge is 0.478 e. The number of aromatic carboxylic acids is 2. The molecule has 25 heavy (non-hydrogen) atoms. The van der Waals surface area contributed by atoms with Crippen LogP contribution >= 0.6 is 0 Å². The Morgan fingerprint density at radius 2 is 1.12 bits per heavy atom. The molecule has 0 aliphatic carbocycles. The zero-order chi connectivity index (χ0) is 18.9. The second kappa shape index (κ2) is 15.5. The highest BCUT2D eigenvalue weighted by Gasteiger charge is 2.06. The zero-order valence-corrected chi connectivity index (χ0v) is 14.3. The summed E-state index contributed by atoms with van der Waals surface area (Å²) in [6.45, 7) is 7.15. The van der Waals surface area contributed by atoms with Gasteiger partial charge in [0.25, 0.3) is 0 Å². The van der Waals surface area contributed by atoms with Gasteiger partial charge in [-0.1, -0.05) is 6.07 Å². The SMILES string of the molecule is NCCNCCNCCNCCN.O=C(O)c1cccc(C(=O)O)c1. The molecule has 0 spiro atoms. The lowest BCUT2D eigenvalue weighted by molar-refractivity contribution is 0.0696. The topological polar surface area (TPSA) is 163 Å². The fourth-order valence-corrected chi connectivity index (χ4v) is 1.72. The molecule has 1 rings (SSSR count). The van der Waals surface area contributed by atoms with Crippen molar-refractivity contribution in [1.82, 2.24) is 16.0 Å². The molecule has 0 saturated heterocycles. The Labute approximate surface area is 147 Å². The maximum absolute atomic E-state index is 10.4. The molecule has 0 radical (unpaired) electrons. The number of benzene rings is 1. The molecule has 0 unspecified atom stereocenters. The molecule has 0 atom stereocenters. The Hall–Kier alpha value is -2.04. The van der Waals surface area contributed by atoms with Crippen LogP contribution in [0.1, 0.15) is 20.7 Å². The van der Waals surface area contributed by atoms with E-state index in [4.69, 9.17) is 21.7 Å². The van der Waals surface area contributed by atoms with Crippen molar-refractivity contribution >= 4 is 11.9 Å². The summed E-state index contributed by atoms with van der Waals surface area (Å²) >= 11 is 0. The average Bonchev–Trinajstić information content (AvgIpc) is 2.61. The van der Waals surface area contributed by atoms with Crippen LogP contribution in [0.3, 0.4) is 0 Å². The molecule has 9 N–H and O–H groups in total. The predicted molar refractivity (Wildman–Crippen MR) is 97.1 cm³/mol. The van der Waals surface area contributed by atoms with Gasteiger partial charge >= 0.3 is 11.9 Å². The van der Waals surface area contributed by atoms with Crippen LogP contribution in [0.25, 0.3) is 0 Å². The molecule has 0 aliphatic rings. The smallest absolute Gasteiger partial charge is 0.335 e. The summed E-state index contributed by atoms with van der Waals surface area (Å²) < 4.78 is 0. The molecular weight excluding hydrogens is 326 g/mol. The Bertz CT molecular complexity index is 460. The molecule has 9 nitrogen and oxygen atoms in total. The highest BCUT2D eigenvalue weighted by molar-refractivity contribution is 5.93. The van der Waals surface area contributed by atoms with Crippen LogP contribution in [0.15, 0.2) is 24.3 Å². The van der Waals surface area contributed by atoms with Crippen LogP contribution in [0.2, 0.25) is 0 Å². The van der Waals surface area contributed by atoms with Gasteiger partial charge in [0.2, 0.25) is 0 Å². The van der Waals surface area contributed by atoms with Gasteiger partial charge < -0.3 is 37.6 Å². The van der Waals surface area contributed by atoms with Crippen molar-refractivity contribution in [3.05, 3.63) is 35.4 Å². The average molecular weight is 355 g/mol. The number of carbonyl (C=O) groups is 2. The van der Waals surface area contributed by atoms with Gasteiger partial charge in [-0.25, -0.2) is 9.59 Å². The summed E-state index contributed by atoms with van der Waals surface area (Å²) in [6.07, 6.45) is 0. The third-order valence-corrected chi connectivity index (χ3v) is 2.96. The molecule has 9 heteroatoms. The molecule has 0 saturated carbocycles. The first-order valence-electron chi connectivity index (χ1n) is 8.11. The maximum Gasteiger partial charge on any atom is 0.335 e. The summed E-state index contributed by atoms with van der Waals surface area (Å²) in [7, 11) is 0. The maximum atomic E-state index is 10.4. The molecule has 0 bridgehead atoms. The van der Waals surface area contributed by atoms with Gasteiger partial charge in [-0.2, -0.15) is 0 Å². The van der Waals surface area contributed by atoms with Crippen molar-refractivity contribution in [2.45, 2.75) is 0 Å². The van der Waals surface area contributed by atoms with Gasteiger partial charge in [-0.15, -0.1) is 0 Å². The Kier molecular flexibility index (Phi) is 14.2. The second-order valence-corrected chi connectivity index (χ2v) is 5.02. The van der Waals surface area contributed by atoms with Crippen molar-refractivity contribution in [2.75, 3.05) is 52.4 Å². The van der Waals surface area contributed by atoms with Crippen molar-refractivity contribution in [2.24, 2.45) is 11.5 Å². The lowest BCUT2D eigenvalue weighted by Crippen LogP contribution is -2.35. The van der Waals surface area contributed by atoms with E-state index in [1.807, 2.05) is 0 Å². The lowest BCUT2D eigenvalue weighted by atomic mass is 10.1. The standard InChI is InChI=1S/C8H23N5.C8H6O4/c9-1-3-11-5-7-13-8-6-12-4-2-10;9-7(10)5-2-1-3-6(4-5)8(11)12/h11-13H,1-10H2;1-4H,(H,9,10)(H,11,12). The number of hydrogen-bond acceptors (Lipinski definition) is 7. The fraction of sp³-hybridized carbons (Fsp3) is 0.500. The molecule has 142 valence electrons. The second-order valence-electron chi connectivity index (χ2n) is 5.02. The van der Waals surface area contributed by atoms with Crippen LogP contribution in [-0.4, -0.2) is 74.5 Å². The third kappa shape index (κ3) is 13.0. The highest BCUT2D eigenvalue weighted by Crippen LogP contribution is 2.04. The first kappa shape index (κ1) is 23.0. The number of hydrogen-bond donors (Lipinski definition) is 7. The quantitative estimate of drug-likeness (QED) is 0.227. The molecule has 0 aliphatic heterocycles. The Balaban J connectivity index is 0.000000462. The first-order chi connectivity index (χ1) is 12.0. The fourth-order valence-electron chi connectivity index (χ4n) is 1.72. The molecule has 0 aromatic heterocycles. The Morgan fingerprint density at radius 3 is 1.44 bits per heavy atom. The van der Waals surface area contributed by atoms with Gasteiger partial charge in [-0.05, 0) is 18.2 Å². The summed E-state index contributed by atoms with van der Waals surface area (Å²) in [5.74, 6) is -2.25. The molecule has 1 aromatic carbocycles. The van der Waals surface area contributed by atoms with Crippen LogP contribution < -0.4 is 27.4 Å². The van der Waals surface area contributed by atoms with Crippen molar-refractivity contribution in [1.29, 1.82) is 0 Å². The van der Waals surface area contributed by atoms with E-state index in [2.05, 4.69) is 16.0 Å². The lowest BCUT2D eigenvalue weighted by Gasteiger charge is -2.06. The number of rotatable bonds is 12. The minimum absolute atomic E-state index is 0.0186. The molecular formula is C16H29N5O4. The molecule has 0 fully saturated rings. The normalized spacial score (nSPS) is 10.0. The van der Waals surface area contributed by atoms with Crippen LogP contribution in [0.5, 0.6) is 0 Å². The summed E-state index contributed by atoms with van der Waals surface area (Å²) in [4.78, 5) is 20.8. The zero-order valence-electron chi connectivity index (χ0n) is 14.3. The van der Waals surface area contributed by atoms with E-state index in [9.17, 15) is 9.59 Å². The van der Waals surface area contributed by atoms with E-state index < -0.39 is 11.9 Å². The van der Waals surface area contributed by atoms with Crippen LogP contribution in [-0.2, 0) is 0 Å². The number of nitrogens with two attached hydrogens (primary N) is 2. The molecule has 0 amide bonds. The number of nitrogens with one attached hydrogen (secondary N) is 3. The predicted octanol–water partition coefficient (Wildman–Crippen LogP) is -1.24. The summed E-state index contributed by atoms with van der Waals surface area (Å²) in [5.41, 5.74) is 10.6. The number of carboxylic acid groups (broad SMARTS) is 2. The Morgan fingerprint density at radius 1 is 0.760 bits per heavy atom. The summed E-state index contributed by atoms with van der Waals surface area (Å²) in [6, 6.07) is 5.20. The summed E-state index contributed by atoms with van der Waals surface area (Å²) in [5, 5.41) is 26.7. The van der Waals surface area contributed by atoms with Gasteiger partial charge in [0.05, 0.1) is 11.1 Å². The number of carboxylic acids is 2. The monoisotopic (exact) mass is 355 g/mol.